The first kappa shape index (κ1) is 16.8. The Labute approximate surface area is 129 Å². The van der Waals surface area contributed by atoms with Gasteiger partial charge in [0.15, 0.2) is 0 Å². The number of nitrogens with zero attached hydrogens (tertiary/aromatic N) is 3. The number of hydrogen-bond acceptors (Lipinski definition) is 4. The SMILES string of the molecule is O=C(O)C=CC(=O)N1CCN(c2ccc(C(F)(F)F)cn2)CC1. The van der Waals surface area contributed by atoms with Gasteiger partial charge in [-0.3, -0.25) is 4.79 Å². The molecule has 0 radical (unpaired) electrons. The van der Waals surface area contributed by atoms with E-state index in [0.717, 1.165) is 24.4 Å². The molecule has 1 aliphatic heterocycles. The largest absolute Gasteiger partial charge is 0.478 e. The quantitative estimate of drug-likeness (QED) is 0.849. The maximum absolute atomic E-state index is 12.5. The number of amides is 1. The van der Waals surface area contributed by atoms with Gasteiger partial charge in [-0.1, -0.05) is 0 Å². The van der Waals surface area contributed by atoms with Crippen molar-refractivity contribution in [1.29, 1.82) is 0 Å². The molecule has 0 aliphatic carbocycles. The second kappa shape index (κ2) is 6.67. The van der Waals surface area contributed by atoms with Crippen LogP contribution in [0.2, 0.25) is 0 Å². The summed E-state index contributed by atoms with van der Waals surface area (Å²) in [6, 6.07) is 2.26. The average molecular weight is 329 g/mol. The Bertz CT molecular complexity index is 606. The summed E-state index contributed by atoms with van der Waals surface area (Å²) >= 11 is 0. The summed E-state index contributed by atoms with van der Waals surface area (Å²) < 4.78 is 37.5. The highest BCUT2D eigenvalue weighted by atomic mass is 19.4. The van der Waals surface area contributed by atoms with Gasteiger partial charge in [0.1, 0.15) is 5.82 Å². The second-order valence-corrected chi connectivity index (χ2v) is 4.89. The molecule has 1 aromatic rings. The van der Waals surface area contributed by atoms with Crippen molar-refractivity contribution < 1.29 is 27.9 Å². The molecular formula is C14H14F3N3O3. The van der Waals surface area contributed by atoms with Crippen LogP contribution in [0.3, 0.4) is 0 Å². The molecule has 0 bridgehead atoms. The summed E-state index contributed by atoms with van der Waals surface area (Å²) in [7, 11) is 0. The van der Waals surface area contributed by atoms with Crippen molar-refractivity contribution >= 4 is 17.7 Å². The number of pyridine rings is 1. The van der Waals surface area contributed by atoms with Crippen LogP contribution in [-0.2, 0) is 15.8 Å². The van der Waals surface area contributed by atoms with Gasteiger partial charge in [0.25, 0.3) is 0 Å². The van der Waals surface area contributed by atoms with Gasteiger partial charge in [0.2, 0.25) is 5.91 Å². The van der Waals surface area contributed by atoms with Gasteiger partial charge < -0.3 is 14.9 Å². The number of carboxylic acids is 1. The minimum atomic E-state index is -4.42. The molecule has 0 saturated carbocycles. The minimum absolute atomic E-state index is 0.339. The molecule has 0 aromatic carbocycles. The van der Waals surface area contributed by atoms with E-state index in [2.05, 4.69) is 4.98 Å². The average Bonchev–Trinajstić information content (AvgIpc) is 2.52. The number of anilines is 1. The normalized spacial score (nSPS) is 16.0. The third-order valence-corrected chi connectivity index (χ3v) is 3.36. The molecular weight excluding hydrogens is 315 g/mol. The van der Waals surface area contributed by atoms with Crippen molar-refractivity contribution in [1.82, 2.24) is 9.88 Å². The highest BCUT2D eigenvalue weighted by Crippen LogP contribution is 2.29. The van der Waals surface area contributed by atoms with E-state index in [-0.39, 0.29) is 0 Å². The van der Waals surface area contributed by atoms with Gasteiger partial charge >= 0.3 is 12.1 Å². The maximum atomic E-state index is 12.5. The summed E-state index contributed by atoms with van der Waals surface area (Å²) in [5.41, 5.74) is -0.811. The molecule has 1 N–H and O–H groups in total. The van der Waals surface area contributed by atoms with Crippen LogP contribution in [0.1, 0.15) is 5.56 Å². The zero-order valence-corrected chi connectivity index (χ0v) is 12.0. The van der Waals surface area contributed by atoms with Crippen LogP contribution in [0.15, 0.2) is 30.5 Å². The number of carboxylic acid groups (broad SMARTS) is 1. The molecule has 2 rings (SSSR count). The summed E-state index contributed by atoms with van der Waals surface area (Å²) in [5.74, 6) is -1.20. The van der Waals surface area contributed by atoms with Crippen LogP contribution < -0.4 is 4.90 Å². The monoisotopic (exact) mass is 329 g/mol. The van der Waals surface area contributed by atoms with Gasteiger partial charge in [-0.05, 0) is 12.1 Å². The molecule has 1 aliphatic rings. The summed E-state index contributed by atoms with van der Waals surface area (Å²) in [4.78, 5) is 29.1. The molecule has 23 heavy (non-hydrogen) atoms. The van der Waals surface area contributed by atoms with E-state index in [1.807, 2.05) is 0 Å². The molecule has 1 saturated heterocycles. The van der Waals surface area contributed by atoms with Crippen molar-refractivity contribution in [2.45, 2.75) is 6.18 Å². The molecule has 0 unspecified atom stereocenters. The Hall–Kier alpha value is -2.58. The van der Waals surface area contributed by atoms with Crippen molar-refractivity contribution in [3.05, 3.63) is 36.0 Å². The number of aliphatic carboxylic acids is 1. The summed E-state index contributed by atoms with van der Waals surface area (Å²) in [5, 5.41) is 8.48. The molecule has 1 fully saturated rings. The molecule has 2 heterocycles. The third-order valence-electron chi connectivity index (χ3n) is 3.36. The Morgan fingerprint density at radius 3 is 2.26 bits per heavy atom. The number of rotatable bonds is 3. The lowest BCUT2D eigenvalue weighted by Gasteiger charge is -2.35. The second-order valence-electron chi connectivity index (χ2n) is 4.89. The lowest BCUT2D eigenvalue weighted by atomic mass is 10.2. The van der Waals surface area contributed by atoms with Crippen LogP contribution in [0, 0.1) is 0 Å². The van der Waals surface area contributed by atoms with E-state index in [1.54, 1.807) is 4.90 Å². The van der Waals surface area contributed by atoms with Crippen LogP contribution in [-0.4, -0.2) is 53.0 Å². The Morgan fingerprint density at radius 2 is 1.78 bits per heavy atom. The number of alkyl halides is 3. The Balaban J connectivity index is 1.94. The summed E-state index contributed by atoms with van der Waals surface area (Å²) in [6.07, 6.45) is -1.89. The van der Waals surface area contributed by atoms with Crippen molar-refractivity contribution in [2.24, 2.45) is 0 Å². The van der Waals surface area contributed by atoms with E-state index in [9.17, 15) is 22.8 Å². The zero-order valence-electron chi connectivity index (χ0n) is 12.0. The van der Waals surface area contributed by atoms with Gasteiger partial charge in [0.05, 0.1) is 5.56 Å². The smallest absolute Gasteiger partial charge is 0.417 e. The lowest BCUT2D eigenvalue weighted by molar-refractivity contribution is -0.138. The van der Waals surface area contributed by atoms with E-state index in [4.69, 9.17) is 5.11 Å². The number of carbonyl (C=O) groups excluding carboxylic acids is 1. The van der Waals surface area contributed by atoms with E-state index >= 15 is 0 Å². The van der Waals surface area contributed by atoms with Crippen molar-refractivity contribution in [2.75, 3.05) is 31.1 Å². The zero-order chi connectivity index (χ0) is 17.0. The molecule has 9 heteroatoms. The number of aromatic nitrogens is 1. The molecule has 0 spiro atoms. The lowest BCUT2D eigenvalue weighted by Crippen LogP contribution is -2.48. The molecule has 1 amide bonds. The number of halogens is 3. The van der Waals surface area contributed by atoms with Gasteiger partial charge in [-0.25, -0.2) is 9.78 Å². The van der Waals surface area contributed by atoms with Crippen LogP contribution >= 0.6 is 0 Å². The molecule has 6 nitrogen and oxygen atoms in total. The predicted molar refractivity (Wildman–Crippen MR) is 74.8 cm³/mol. The minimum Gasteiger partial charge on any atom is -0.478 e. The number of piperazine rings is 1. The standard InChI is InChI=1S/C14H14F3N3O3/c15-14(16,17)10-1-2-11(18-9-10)19-5-7-20(8-6-19)12(21)3-4-13(22)23/h1-4,9H,5-8H2,(H,22,23). The highest BCUT2D eigenvalue weighted by molar-refractivity contribution is 5.94. The molecule has 124 valence electrons. The van der Waals surface area contributed by atoms with Crippen molar-refractivity contribution in [3.63, 3.8) is 0 Å². The van der Waals surface area contributed by atoms with Crippen molar-refractivity contribution in [3.8, 4) is 0 Å². The van der Waals surface area contributed by atoms with Crippen LogP contribution in [0.25, 0.3) is 0 Å². The molecule has 0 atom stereocenters. The fourth-order valence-corrected chi connectivity index (χ4v) is 2.14. The first-order valence-electron chi connectivity index (χ1n) is 6.75. The van der Waals surface area contributed by atoms with Crippen LogP contribution in [0.4, 0.5) is 19.0 Å². The summed E-state index contributed by atoms with van der Waals surface area (Å²) in [6.45, 7) is 1.49. The van der Waals surface area contributed by atoms with E-state index in [1.165, 1.54) is 11.0 Å². The topological polar surface area (TPSA) is 73.7 Å². The maximum Gasteiger partial charge on any atom is 0.417 e. The number of carbonyl (C=O) groups is 2. The van der Waals surface area contributed by atoms with Crippen LogP contribution in [0.5, 0.6) is 0 Å². The fourth-order valence-electron chi connectivity index (χ4n) is 2.14. The van der Waals surface area contributed by atoms with Gasteiger partial charge in [-0.2, -0.15) is 13.2 Å². The van der Waals surface area contributed by atoms with Gasteiger partial charge in [0, 0.05) is 44.5 Å². The van der Waals surface area contributed by atoms with Gasteiger partial charge in [-0.15, -0.1) is 0 Å². The Morgan fingerprint density at radius 1 is 1.13 bits per heavy atom. The molecule has 1 aromatic heterocycles. The van der Waals surface area contributed by atoms with E-state index in [0.29, 0.717) is 32.0 Å². The third kappa shape index (κ3) is 4.44. The first-order valence-corrected chi connectivity index (χ1v) is 6.75. The highest BCUT2D eigenvalue weighted by Gasteiger charge is 2.31. The van der Waals surface area contributed by atoms with E-state index < -0.39 is 23.6 Å². The predicted octanol–water partition coefficient (Wildman–Crippen LogP) is 1.39. The fraction of sp³-hybridized carbons (Fsp3) is 0.357. The number of hydrogen-bond donors (Lipinski definition) is 1. The first-order chi connectivity index (χ1) is 10.8. The Kier molecular flexibility index (Phi) is 4.87.